The van der Waals surface area contributed by atoms with Crippen LogP contribution in [0.2, 0.25) is 5.02 Å². The van der Waals surface area contributed by atoms with Gasteiger partial charge in [-0.25, -0.2) is 0 Å². The summed E-state index contributed by atoms with van der Waals surface area (Å²) in [6, 6.07) is 13.7. The predicted molar refractivity (Wildman–Crippen MR) is 97.2 cm³/mol. The minimum absolute atomic E-state index is 0.00229. The lowest BCUT2D eigenvalue weighted by Crippen LogP contribution is -2.25. The van der Waals surface area contributed by atoms with Gasteiger partial charge in [0.2, 0.25) is 0 Å². The number of carbonyl (C=O) groups excluding carboxylic acids is 1. The Balaban J connectivity index is 1.55. The Morgan fingerprint density at radius 3 is 2.71 bits per heavy atom. The van der Waals surface area contributed by atoms with Crippen LogP contribution in [-0.4, -0.2) is 24.7 Å². The number of benzene rings is 2. The summed E-state index contributed by atoms with van der Waals surface area (Å²) in [4.78, 5) is 16.8. The summed E-state index contributed by atoms with van der Waals surface area (Å²) in [6.45, 7) is 1.58. The van der Waals surface area contributed by atoms with E-state index in [1.165, 1.54) is 18.4 Å². The minimum atomic E-state index is 0.00229. The van der Waals surface area contributed by atoms with Crippen molar-refractivity contribution in [2.75, 3.05) is 13.1 Å². The van der Waals surface area contributed by atoms with E-state index in [1.54, 1.807) is 0 Å². The molecule has 1 aliphatic heterocycles. The third-order valence-electron chi connectivity index (χ3n) is 4.65. The zero-order valence-corrected chi connectivity index (χ0v) is 14.1. The van der Waals surface area contributed by atoms with Crippen molar-refractivity contribution in [1.29, 1.82) is 0 Å². The van der Waals surface area contributed by atoms with Gasteiger partial charge in [0.25, 0.3) is 5.91 Å². The molecule has 2 aromatic rings. The number of nitrogens with one attached hydrogen (secondary N) is 1. The highest BCUT2D eigenvalue weighted by atomic mass is 35.5. The molecule has 0 unspecified atom stereocenters. The number of fused-ring (bicyclic) bond motifs is 1. The minimum Gasteiger partial charge on any atom is -0.352 e. The molecule has 1 amide bonds. The highest BCUT2D eigenvalue weighted by Crippen LogP contribution is 2.27. The van der Waals surface area contributed by atoms with Gasteiger partial charge in [-0.3, -0.25) is 9.79 Å². The molecule has 1 N–H and O–H groups in total. The second-order valence-electron chi connectivity index (χ2n) is 6.51. The summed E-state index contributed by atoms with van der Waals surface area (Å²) < 4.78 is 0. The topological polar surface area (TPSA) is 41.5 Å². The van der Waals surface area contributed by atoms with Gasteiger partial charge in [0.15, 0.2) is 0 Å². The maximum absolute atomic E-state index is 12.1. The average Bonchev–Trinajstić information content (AvgIpc) is 3.44. The Bertz CT molecular complexity index is 807. The van der Waals surface area contributed by atoms with Crippen LogP contribution in [-0.2, 0) is 6.42 Å². The molecular formula is C20H19ClN2O. The summed E-state index contributed by atoms with van der Waals surface area (Å²) in [7, 11) is 0. The quantitative estimate of drug-likeness (QED) is 0.903. The van der Waals surface area contributed by atoms with E-state index < -0.39 is 0 Å². The summed E-state index contributed by atoms with van der Waals surface area (Å²) in [5.41, 5.74) is 5.05. The lowest BCUT2D eigenvalue weighted by Gasteiger charge is -2.17. The molecule has 1 fully saturated rings. The third kappa shape index (κ3) is 3.22. The predicted octanol–water partition coefficient (Wildman–Crippen LogP) is 3.87. The van der Waals surface area contributed by atoms with Gasteiger partial charge in [0.1, 0.15) is 0 Å². The monoisotopic (exact) mass is 338 g/mol. The van der Waals surface area contributed by atoms with Crippen LogP contribution in [0.4, 0.5) is 0 Å². The van der Waals surface area contributed by atoms with Gasteiger partial charge in [-0.2, -0.15) is 0 Å². The molecule has 1 aliphatic carbocycles. The van der Waals surface area contributed by atoms with Crippen molar-refractivity contribution in [2.24, 2.45) is 10.9 Å². The first-order valence-electron chi connectivity index (χ1n) is 8.42. The van der Waals surface area contributed by atoms with Gasteiger partial charge in [0, 0.05) is 34.8 Å². The Morgan fingerprint density at radius 2 is 1.96 bits per heavy atom. The maximum Gasteiger partial charge on any atom is 0.251 e. The molecule has 0 spiro atoms. The SMILES string of the molecule is O=C(NCC1CC1)c1ccc(C2=NCCc3ccc(Cl)cc32)cc1. The van der Waals surface area contributed by atoms with Crippen molar-refractivity contribution < 1.29 is 4.79 Å². The van der Waals surface area contributed by atoms with Crippen LogP contribution in [0.5, 0.6) is 0 Å². The lowest BCUT2D eigenvalue weighted by molar-refractivity contribution is 0.0952. The number of rotatable bonds is 4. The molecule has 2 aliphatic rings. The number of amides is 1. The summed E-state index contributed by atoms with van der Waals surface area (Å²) >= 11 is 6.15. The number of halogens is 1. The van der Waals surface area contributed by atoms with Gasteiger partial charge in [-0.1, -0.05) is 29.8 Å². The van der Waals surface area contributed by atoms with Gasteiger partial charge in [-0.05, 0) is 55.0 Å². The lowest BCUT2D eigenvalue weighted by atomic mass is 9.93. The van der Waals surface area contributed by atoms with Gasteiger partial charge in [-0.15, -0.1) is 0 Å². The summed E-state index contributed by atoms with van der Waals surface area (Å²) in [5, 5.41) is 3.72. The van der Waals surface area contributed by atoms with E-state index in [9.17, 15) is 4.79 Å². The van der Waals surface area contributed by atoms with E-state index >= 15 is 0 Å². The zero-order valence-electron chi connectivity index (χ0n) is 13.4. The molecule has 1 heterocycles. The molecule has 2 aromatic carbocycles. The molecule has 0 aromatic heterocycles. The Kier molecular flexibility index (Phi) is 4.11. The van der Waals surface area contributed by atoms with Crippen molar-refractivity contribution in [3.05, 3.63) is 69.7 Å². The molecule has 0 bridgehead atoms. The smallest absolute Gasteiger partial charge is 0.251 e. The van der Waals surface area contributed by atoms with Crippen LogP contribution in [0.15, 0.2) is 47.5 Å². The number of carbonyl (C=O) groups is 1. The van der Waals surface area contributed by atoms with Crippen molar-refractivity contribution in [3.63, 3.8) is 0 Å². The van der Waals surface area contributed by atoms with Crippen molar-refractivity contribution in [3.8, 4) is 0 Å². The van der Waals surface area contributed by atoms with Crippen LogP contribution in [0, 0.1) is 5.92 Å². The summed E-state index contributed by atoms with van der Waals surface area (Å²) in [6.07, 6.45) is 3.42. The zero-order chi connectivity index (χ0) is 16.5. The van der Waals surface area contributed by atoms with Gasteiger partial charge >= 0.3 is 0 Å². The van der Waals surface area contributed by atoms with E-state index in [-0.39, 0.29) is 5.91 Å². The van der Waals surface area contributed by atoms with Gasteiger partial charge < -0.3 is 5.32 Å². The fourth-order valence-corrected chi connectivity index (χ4v) is 3.22. The number of aliphatic imine (C=N–C) groups is 1. The fraction of sp³-hybridized carbons (Fsp3) is 0.300. The summed E-state index contributed by atoms with van der Waals surface area (Å²) in [5.74, 6) is 0.688. The van der Waals surface area contributed by atoms with Crippen molar-refractivity contribution in [2.45, 2.75) is 19.3 Å². The molecular weight excluding hydrogens is 320 g/mol. The molecule has 4 rings (SSSR count). The standard InChI is InChI=1S/C20H19ClN2O/c21-17-8-7-14-9-10-22-19(18(14)11-17)15-3-5-16(6-4-15)20(24)23-12-13-1-2-13/h3-8,11,13H,1-2,9-10,12H2,(H,23,24). The van der Waals surface area contributed by atoms with Crippen LogP contribution in [0.25, 0.3) is 0 Å². The largest absolute Gasteiger partial charge is 0.352 e. The molecule has 0 radical (unpaired) electrons. The van der Waals surface area contributed by atoms with Crippen molar-refractivity contribution in [1.82, 2.24) is 5.32 Å². The Morgan fingerprint density at radius 1 is 1.17 bits per heavy atom. The average molecular weight is 339 g/mol. The first kappa shape index (κ1) is 15.4. The third-order valence-corrected chi connectivity index (χ3v) is 4.88. The van der Waals surface area contributed by atoms with E-state index in [0.29, 0.717) is 11.5 Å². The Hall–Kier alpha value is -2.13. The van der Waals surface area contributed by atoms with E-state index in [0.717, 1.165) is 41.4 Å². The first-order valence-corrected chi connectivity index (χ1v) is 8.80. The second-order valence-corrected chi connectivity index (χ2v) is 6.95. The maximum atomic E-state index is 12.1. The van der Waals surface area contributed by atoms with Crippen molar-refractivity contribution >= 4 is 23.2 Å². The molecule has 0 atom stereocenters. The normalized spacial score (nSPS) is 16.3. The van der Waals surface area contributed by atoms with E-state index in [4.69, 9.17) is 11.6 Å². The highest BCUT2D eigenvalue weighted by Gasteiger charge is 2.22. The van der Waals surface area contributed by atoms with Crippen LogP contribution in [0.1, 0.15) is 39.9 Å². The van der Waals surface area contributed by atoms with E-state index in [1.807, 2.05) is 36.4 Å². The van der Waals surface area contributed by atoms with Crippen LogP contribution in [0.3, 0.4) is 0 Å². The number of nitrogens with zero attached hydrogens (tertiary/aromatic N) is 1. The van der Waals surface area contributed by atoms with E-state index in [2.05, 4.69) is 16.4 Å². The number of hydrogen-bond acceptors (Lipinski definition) is 2. The molecule has 1 saturated carbocycles. The number of hydrogen-bond donors (Lipinski definition) is 1. The molecule has 122 valence electrons. The molecule has 4 heteroatoms. The van der Waals surface area contributed by atoms with Crippen LogP contribution >= 0.6 is 11.6 Å². The molecule has 3 nitrogen and oxygen atoms in total. The van der Waals surface area contributed by atoms with Gasteiger partial charge in [0.05, 0.1) is 5.71 Å². The first-order chi connectivity index (χ1) is 11.7. The molecule has 0 saturated heterocycles. The van der Waals surface area contributed by atoms with Crippen LogP contribution < -0.4 is 5.32 Å². The Labute approximate surface area is 146 Å². The fourth-order valence-electron chi connectivity index (χ4n) is 3.05. The second kappa shape index (κ2) is 6.40. The molecule has 24 heavy (non-hydrogen) atoms. The highest BCUT2D eigenvalue weighted by molar-refractivity contribution is 6.31.